The Labute approximate surface area is 103 Å². The van der Waals surface area contributed by atoms with Crippen LogP contribution in [0.1, 0.15) is 6.42 Å². The summed E-state index contributed by atoms with van der Waals surface area (Å²) in [6.07, 6.45) is 3.52. The first-order valence-electron chi connectivity index (χ1n) is 5.77. The Balaban J connectivity index is 1.47. The Morgan fingerprint density at radius 3 is 3.22 bits per heavy atom. The molecule has 2 aliphatic rings. The van der Waals surface area contributed by atoms with Gasteiger partial charge in [-0.1, -0.05) is 5.21 Å². The third kappa shape index (κ3) is 1.94. The predicted octanol–water partition coefficient (Wildman–Crippen LogP) is -1.65. The molecule has 0 bridgehead atoms. The average Bonchev–Trinajstić information content (AvgIpc) is 2.93. The van der Waals surface area contributed by atoms with Gasteiger partial charge < -0.3 is 15.0 Å². The molecule has 18 heavy (non-hydrogen) atoms. The molecule has 2 amide bonds. The molecule has 0 spiro atoms. The van der Waals surface area contributed by atoms with E-state index in [1.807, 2.05) is 0 Å². The van der Waals surface area contributed by atoms with Crippen LogP contribution in [0.5, 0.6) is 0 Å². The Morgan fingerprint density at radius 1 is 1.61 bits per heavy atom. The van der Waals surface area contributed by atoms with Gasteiger partial charge in [0.05, 0.1) is 25.3 Å². The number of fused-ring (bicyclic) bond motifs is 1. The molecule has 1 aromatic rings. The zero-order chi connectivity index (χ0) is 12.5. The van der Waals surface area contributed by atoms with Gasteiger partial charge in [0.1, 0.15) is 12.8 Å². The first-order valence-corrected chi connectivity index (χ1v) is 5.77. The van der Waals surface area contributed by atoms with Gasteiger partial charge in [-0.25, -0.2) is 4.68 Å². The molecule has 0 radical (unpaired) electrons. The number of carbonyl (C=O) groups excluding carboxylic acids is 2. The zero-order valence-corrected chi connectivity index (χ0v) is 9.65. The number of rotatable bonds is 4. The van der Waals surface area contributed by atoms with Crippen LogP contribution >= 0.6 is 0 Å². The monoisotopic (exact) mass is 251 g/mol. The largest absolute Gasteiger partial charge is 0.356 e. The Hall–Kier alpha value is -1.96. The highest BCUT2D eigenvalue weighted by molar-refractivity contribution is 5.83. The van der Waals surface area contributed by atoms with E-state index in [9.17, 15) is 9.59 Å². The lowest BCUT2D eigenvalue weighted by Gasteiger charge is -2.36. The summed E-state index contributed by atoms with van der Waals surface area (Å²) in [5, 5.41) is 10.1. The van der Waals surface area contributed by atoms with Crippen molar-refractivity contribution in [2.24, 2.45) is 0 Å². The van der Waals surface area contributed by atoms with Gasteiger partial charge in [0.15, 0.2) is 0 Å². The van der Waals surface area contributed by atoms with Gasteiger partial charge in [-0.15, -0.1) is 5.10 Å². The fraction of sp³-hybridized carbons (Fsp3) is 0.600. The second kappa shape index (κ2) is 4.37. The molecule has 0 saturated carbocycles. The van der Waals surface area contributed by atoms with Crippen LogP contribution in [-0.4, -0.2) is 57.1 Å². The van der Waals surface area contributed by atoms with E-state index in [1.165, 1.54) is 10.9 Å². The van der Waals surface area contributed by atoms with Crippen molar-refractivity contribution in [1.82, 2.24) is 25.2 Å². The van der Waals surface area contributed by atoms with Crippen molar-refractivity contribution in [3.05, 3.63) is 12.4 Å². The van der Waals surface area contributed by atoms with Crippen molar-refractivity contribution in [2.75, 3.05) is 13.2 Å². The number of carbonyl (C=O) groups is 2. The third-order valence-electron chi connectivity index (χ3n) is 3.13. The summed E-state index contributed by atoms with van der Waals surface area (Å²) in [4.78, 5) is 24.6. The Morgan fingerprint density at radius 2 is 2.50 bits per heavy atom. The second-order valence-electron chi connectivity index (χ2n) is 4.35. The lowest BCUT2D eigenvalue weighted by atomic mass is 10.1. The quantitative estimate of drug-likeness (QED) is 0.648. The van der Waals surface area contributed by atoms with Crippen molar-refractivity contribution < 1.29 is 14.3 Å². The van der Waals surface area contributed by atoms with Gasteiger partial charge in [0.25, 0.3) is 0 Å². The lowest BCUT2D eigenvalue weighted by Crippen LogP contribution is -2.55. The van der Waals surface area contributed by atoms with Gasteiger partial charge in [0.2, 0.25) is 11.8 Å². The van der Waals surface area contributed by atoms with E-state index in [1.54, 1.807) is 11.1 Å². The first-order chi connectivity index (χ1) is 8.74. The summed E-state index contributed by atoms with van der Waals surface area (Å²) in [5.74, 6) is -0.0649. The minimum atomic E-state index is -0.156. The lowest BCUT2D eigenvalue weighted by molar-refractivity contribution is -0.157. The normalized spacial score (nSPS) is 25.8. The van der Waals surface area contributed by atoms with Crippen LogP contribution in [0, 0.1) is 0 Å². The van der Waals surface area contributed by atoms with Crippen molar-refractivity contribution in [3.63, 3.8) is 0 Å². The van der Waals surface area contributed by atoms with E-state index in [0.717, 1.165) is 0 Å². The molecule has 0 aromatic carbocycles. The highest BCUT2D eigenvalue weighted by Crippen LogP contribution is 2.29. The fourth-order valence-electron chi connectivity index (χ4n) is 2.19. The predicted molar refractivity (Wildman–Crippen MR) is 58.0 cm³/mol. The number of hydrogen-bond donors (Lipinski definition) is 1. The minimum absolute atomic E-state index is 0.0454. The molecule has 1 aromatic heterocycles. The van der Waals surface area contributed by atoms with Gasteiger partial charge >= 0.3 is 0 Å². The smallest absolute Gasteiger partial charge is 0.241 e. The molecule has 2 atom stereocenters. The Kier molecular flexibility index (Phi) is 2.71. The molecule has 8 heteroatoms. The zero-order valence-electron chi connectivity index (χ0n) is 9.65. The third-order valence-corrected chi connectivity index (χ3v) is 3.13. The fourth-order valence-corrected chi connectivity index (χ4v) is 2.19. The minimum Gasteiger partial charge on any atom is -0.356 e. The molecule has 1 N–H and O–H groups in total. The summed E-state index contributed by atoms with van der Waals surface area (Å²) in [5.41, 5.74) is 0. The average molecular weight is 251 g/mol. The highest BCUT2D eigenvalue weighted by Gasteiger charge is 2.46. The number of ether oxygens (including phenoxy) is 1. The van der Waals surface area contributed by atoms with E-state index in [4.69, 9.17) is 4.74 Å². The van der Waals surface area contributed by atoms with Crippen LogP contribution in [0.25, 0.3) is 0 Å². The van der Waals surface area contributed by atoms with Crippen molar-refractivity contribution in [3.8, 4) is 0 Å². The molecular weight excluding hydrogens is 238 g/mol. The molecule has 2 aliphatic heterocycles. The number of aromatic nitrogens is 3. The molecule has 3 heterocycles. The SMILES string of the molecule is O=C(Cn1ccnn1)NCC1COC2CC(=O)N12. The van der Waals surface area contributed by atoms with Gasteiger partial charge in [-0.05, 0) is 0 Å². The second-order valence-corrected chi connectivity index (χ2v) is 4.35. The summed E-state index contributed by atoms with van der Waals surface area (Å²) in [6, 6.07) is -0.0454. The molecule has 2 unspecified atom stereocenters. The van der Waals surface area contributed by atoms with Crippen LogP contribution in [0.15, 0.2) is 12.4 Å². The van der Waals surface area contributed by atoms with E-state index in [2.05, 4.69) is 15.6 Å². The number of hydrogen-bond acceptors (Lipinski definition) is 5. The van der Waals surface area contributed by atoms with E-state index < -0.39 is 0 Å². The van der Waals surface area contributed by atoms with Crippen LogP contribution in [0.4, 0.5) is 0 Å². The molecule has 8 nitrogen and oxygen atoms in total. The van der Waals surface area contributed by atoms with Crippen molar-refractivity contribution >= 4 is 11.8 Å². The Bertz CT molecular complexity index is 460. The summed E-state index contributed by atoms with van der Waals surface area (Å²) >= 11 is 0. The highest BCUT2D eigenvalue weighted by atomic mass is 16.5. The maximum atomic E-state index is 11.6. The summed E-state index contributed by atoms with van der Waals surface area (Å²) < 4.78 is 6.84. The molecule has 0 aliphatic carbocycles. The van der Waals surface area contributed by atoms with Crippen LogP contribution < -0.4 is 5.32 Å². The molecule has 2 fully saturated rings. The first kappa shape index (κ1) is 11.1. The molecule has 96 valence electrons. The number of β-lactam (4-membered cyclic amide) rings is 1. The maximum absolute atomic E-state index is 11.6. The van der Waals surface area contributed by atoms with Gasteiger partial charge in [0, 0.05) is 12.7 Å². The molecule has 3 rings (SSSR count). The van der Waals surface area contributed by atoms with E-state index in [0.29, 0.717) is 19.6 Å². The number of nitrogens with zero attached hydrogens (tertiary/aromatic N) is 4. The van der Waals surface area contributed by atoms with Crippen LogP contribution in [0.3, 0.4) is 0 Å². The topological polar surface area (TPSA) is 89.4 Å². The number of amides is 2. The van der Waals surface area contributed by atoms with Gasteiger partial charge in [-0.3, -0.25) is 9.59 Å². The summed E-state index contributed by atoms with van der Waals surface area (Å²) in [7, 11) is 0. The van der Waals surface area contributed by atoms with Gasteiger partial charge in [-0.2, -0.15) is 0 Å². The van der Waals surface area contributed by atoms with E-state index in [-0.39, 0.29) is 30.6 Å². The van der Waals surface area contributed by atoms with E-state index >= 15 is 0 Å². The van der Waals surface area contributed by atoms with Crippen LogP contribution in [0.2, 0.25) is 0 Å². The molecular formula is C10H13N5O3. The standard InChI is InChI=1S/C10H13N5O3/c16-8(5-14-2-1-12-13-14)11-4-7-6-18-10-3-9(17)15(7)10/h1-2,7,10H,3-6H2,(H,11,16). The summed E-state index contributed by atoms with van der Waals surface area (Å²) in [6.45, 7) is 1.03. The maximum Gasteiger partial charge on any atom is 0.241 e. The van der Waals surface area contributed by atoms with Crippen molar-refractivity contribution in [2.45, 2.75) is 25.2 Å². The number of nitrogens with one attached hydrogen (secondary N) is 1. The van der Waals surface area contributed by atoms with Crippen LogP contribution in [-0.2, 0) is 20.9 Å². The molecule has 2 saturated heterocycles. The van der Waals surface area contributed by atoms with Crippen molar-refractivity contribution in [1.29, 1.82) is 0 Å².